The predicted octanol–water partition coefficient (Wildman–Crippen LogP) is 2.74. The Bertz CT molecular complexity index is 527. The number of nitrogen functional groups attached to an aromatic ring is 1. The third-order valence-corrected chi connectivity index (χ3v) is 2.49. The van der Waals surface area contributed by atoms with Crippen molar-refractivity contribution in [1.82, 2.24) is 5.16 Å². The maximum absolute atomic E-state index is 5.78. The van der Waals surface area contributed by atoms with Crippen LogP contribution in [0.1, 0.15) is 17.0 Å². The summed E-state index contributed by atoms with van der Waals surface area (Å²) in [4.78, 5) is 0. The van der Waals surface area contributed by atoms with Crippen LogP contribution >= 0.6 is 0 Å². The number of benzene rings is 1. The molecule has 0 bridgehead atoms. The predicted molar refractivity (Wildman–Crippen MR) is 67.6 cm³/mol. The Labute approximate surface area is 99.7 Å². The van der Waals surface area contributed by atoms with E-state index in [-0.39, 0.29) is 0 Å². The fourth-order valence-corrected chi connectivity index (χ4v) is 1.41. The molecule has 0 atom stereocenters. The van der Waals surface area contributed by atoms with Crippen molar-refractivity contribution in [3.05, 3.63) is 41.3 Å². The van der Waals surface area contributed by atoms with Crippen LogP contribution in [-0.2, 0) is 0 Å². The summed E-state index contributed by atoms with van der Waals surface area (Å²) in [6.45, 7) is 1.78. The van der Waals surface area contributed by atoms with E-state index < -0.39 is 0 Å². The molecule has 2 aromatic rings. The monoisotopic (exact) mass is 230 g/mol. The van der Waals surface area contributed by atoms with Crippen LogP contribution in [0.25, 0.3) is 12.2 Å². The number of aryl methyl sites for hydroxylation is 1. The van der Waals surface area contributed by atoms with Crippen molar-refractivity contribution in [2.24, 2.45) is 0 Å². The minimum atomic E-state index is 0.578. The number of aromatic nitrogens is 1. The van der Waals surface area contributed by atoms with Crippen LogP contribution in [0.2, 0.25) is 0 Å². The van der Waals surface area contributed by atoms with E-state index in [0.29, 0.717) is 17.1 Å². The lowest BCUT2D eigenvalue weighted by atomic mass is 10.2. The molecule has 4 nitrogen and oxygen atoms in total. The Morgan fingerprint density at radius 2 is 1.94 bits per heavy atom. The zero-order valence-electron chi connectivity index (χ0n) is 9.81. The van der Waals surface area contributed by atoms with Gasteiger partial charge in [-0.3, -0.25) is 0 Å². The molecule has 2 N–H and O–H groups in total. The molecule has 0 aliphatic heterocycles. The summed E-state index contributed by atoms with van der Waals surface area (Å²) in [6.07, 6.45) is 3.75. The van der Waals surface area contributed by atoms with Crippen LogP contribution in [0.5, 0.6) is 5.75 Å². The zero-order chi connectivity index (χ0) is 12.3. The average molecular weight is 230 g/mol. The van der Waals surface area contributed by atoms with Gasteiger partial charge in [0.2, 0.25) is 0 Å². The summed E-state index contributed by atoms with van der Waals surface area (Å²) in [5.41, 5.74) is 8.06. The molecule has 0 aliphatic carbocycles. The van der Waals surface area contributed by atoms with E-state index in [9.17, 15) is 0 Å². The molecule has 1 aromatic heterocycles. The van der Waals surface area contributed by atoms with Gasteiger partial charge in [-0.15, -0.1) is 0 Å². The third-order valence-electron chi connectivity index (χ3n) is 2.49. The number of nitrogens with two attached hydrogens (primary N) is 1. The molecule has 1 aromatic carbocycles. The second-order valence-electron chi connectivity index (χ2n) is 3.64. The van der Waals surface area contributed by atoms with Gasteiger partial charge < -0.3 is 15.0 Å². The normalized spacial score (nSPS) is 10.9. The summed E-state index contributed by atoms with van der Waals surface area (Å²) < 4.78 is 10.1. The second-order valence-corrected chi connectivity index (χ2v) is 3.64. The van der Waals surface area contributed by atoms with Gasteiger partial charge >= 0.3 is 0 Å². The Balaban J connectivity index is 2.17. The van der Waals surface area contributed by atoms with Crippen molar-refractivity contribution < 1.29 is 9.26 Å². The van der Waals surface area contributed by atoms with E-state index in [4.69, 9.17) is 15.0 Å². The van der Waals surface area contributed by atoms with Gasteiger partial charge in [-0.2, -0.15) is 0 Å². The van der Waals surface area contributed by atoms with E-state index >= 15 is 0 Å². The largest absolute Gasteiger partial charge is 0.497 e. The van der Waals surface area contributed by atoms with Gasteiger partial charge in [-0.1, -0.05) is 23.4 Å². The molecular formula is C13H14N2O2. The van der Waals surface area contributed by atoms with Gasteiger partial charge in [-0.05, 0) is 30.7 Å². The lowest BCUT2D eigenvalue weighted by Gasteiger charge is -1.98. The number of methoxy groups -OCH3 is 1. The molecular weight excluding hydrogens is 216 g/mol. The van der Waals surface area contributed by atoms with Crippen LogP contribution in [0, 0.1) is 6.92 Å². The van der Waals surface area contributed by atoms with Crippen molar-refractivity contribution >= 4 is 17.8 Å². The molecule has 0 radical (unpaired) electrons. The first-order valence-electron chi connectivity index (χ1n) is 5.24. The van der Waals surface area contributed by atoms with Crippen LogP contribution in [0.15, 0.2) is 28.8 Å². The fraction of sp³-hybridized carbons (Fsp3) is 0.154. The van der Waals surface area contributed by atoms with Crippen LogP contribution in [-0.4, -0.2) is 12.3 Å². The smallest absolute Gasteiger partial charge is 0.157 e. The number of ether oxygens (including phenoxy) is 1. The number of nitrogens with zero attached hydrogens (tertiary/aromatic N) is 1. The lowest BCUT2D eigenvalue weighted by Crippen LogP contribution is -1.87. The first-order chi connectivity index (χ1) is 8.20. The second kappa shape index (κ2) is 4.74. The van der Waals surface area contributed by atoms with Crippen LogP contribution in [0.3, 0.4) is 0 Å². The van der Waals surface area contributed by atoms with Gasteiger partial charge in [0.25, 0.3) is 0 Å². The van der Waals surface area contributed by atoms with Crippen molar-refractivity contribution in [1.29, 1.82) is 0 Å². The summed E-state index contributed by atoms with van der Waals surface area (Å²) in [7, 11) is 1.64. The Hall–Kier alpha value is -2.23. The van der Waals surface area contributed by atoms with Crippen LogP contribution < -0.4 is 10.5 Å². The summed E-state index contributed by atoms with van der Waals surface area (Å²) >= 11 is 0. The maximum atomic E-state index is 5.78. The Morgan fingerprint density at radius 3 is 2.47 bits per heavy atom. The molecule has 2 rings (SSSR count). The molecule has 0 spiro atoms. The summed E-state index contributed by atoms with van der Waals surface area (Å²) in [5, 5.41) is 3.85. The number of anilines is 1. The van der Waals surface area contributed by atoms with Crippen LogP contribution in [0.4, 0.5) is 5.69 Å². The average Bonchev–Trinajstić information content (AvgIpc) is 2.68. The Morgan fingerprint density at radius 1 is 1.24 bits per heavy atom. The zero-order valence-corrected chi connectivity index (χ0v) is 9.81. The SMILES string of the molecule is COc1ccc(/C=C/c2noc(C)c2N)cc1. The molecule has 0 saturated heterocycles. The molecule has 0 amide bonds. The highest BCUT2D eigenvalue weighted by atomic mass is 16.5. The molecule has 0 aliphatic rings. The van der Waals surface area contributed by atoms with E-state index in [1.807, 2.05) is 36.4 Å². The summed E-state index contributed by atoms with van der Waals surface area (Å²) in [5.74, 6) is 1.47. The van der Waals surface area contributed by atoms with Crippen molar-refractivity contribution in [2.75, 3.05) is 12.8 Å². The minimum Gasteiger partial charge on any atom is -0.497 e. The number of hydrogen-bond acceptors (Lipinski definition) is 4. The van der Waals surface area contributed by atoms with Gasteiger partial charge in [-0.25, -0.2) is 0 Å². The third kappa shape index (κ3) is 2.47. The molecule has 1 heterocycles. The lowest BCUT2D eigenvalue weighted by molar-refractivity contribution is 0.397. The first-order valence-corrected chi connectivity index (χ1v) is 5.24. The molecule has 0 fully saturated rings. The van der Waals surface area contributed by atoms with E-state index in [1.165, 1.54) is 0 Å². The quantitative estimate of drug-likeness (QED) is 0.880. The molecule has 0 unspecified atom stereocenters. The maximum Gasteiger partial charge on any atom is 0.157 e. The number of hydrogen-bond donors (Lipinski definition) is 1. The molecule has 4 heteroatoms. The van der Waals surface area contributed by atoms with E-state index in [1.54, 1.807) is 14.0 Å². The van der Waals surface area contributed by atoms with E-state index in [2.05, 4.69) is 5.16 Å². The highest BCUT2D eigenvalue weighted by Gasteiger charge is 2.04. The fourth-order valence-electron chi connectivity index (χ4n) is 1.41. The molecule has 0 saturated carbocycles. The topological polar surface area (TPSA) is 61.3 Å². The van der Waals surface area contributed by atoms with Gasteiger partial charge in [0, 0.05) is 0 Å². The van der Waals surface area contributed by atoms with Gasteiger partial charge in [0.1, 0.15) is 17.1 Å². The molecule has 17 heavy (non-hydrogen) atoms. The highest BCUT2D eigenvalue weighted by molar-refractivity contribution is 5.74. The van der Waals surface area contributed by atoms with Crippen molar-refractivity contribution in [2.45, 2.75) is 6.92 Å². The minimum absolute atomic E-state index is 0.578. The van der Waals surface area contributed by atoms with Crippen molar-refractivity contribution in [3.8, 4) is 5.75 Å². The highest BCUT2D eigenvalue weighted by Crippen LogP contribution is 2.19. The summed E-state index contributed by atoms with van der Waals surface area (Å²) in [6, 6.07) is 7.71. The van der Waals surface area contributed by atoms with E-state index in [0.717, 1.165) is 11.3 Å². The first kappa shape index (κ1) is 11.3. The number of rotatable bonds is 3. The van der Waals surface area contributed by atoms with Crippen molar-refractivity contribution in [3.63, 3.8) is 0 Å². The van der Waals surface area contributed by atoms with Gasteiger partial charge in [0.05, 0.1) is 7.11 Å². The van der Waals surface area contributed by atoms with Gasteiger partial charge in [0.15, 0.2) is 5.76 Å². The molecule has 88 valence electrons. The standard InChI is InChI=1S/C13H14N2O2/c1-9-13(14)12(15-17-9)8-5-10-3-6-11(16-2)7-4-10/h3-8H,14H2,1-2H3/b8-5+. The Kier molecular flexibility index (Phi) is 3.14.